The molecule has 0 saturated carbocycles. The van der Waals surface area contributed by atoms with E-state index < -0.39 is 12.7 Å². The number of aliphatic hydroxyl groups excluding tert-OH is 2. The van der Waals surface area contributed by atoms with Crippen LogP contribution >= 0.6 is 0 Å². The molecule has 0 saturated heterocycles. The van der Waals surface area contributed by atoms with Gasteiger partial charge in [-0.05, 0) is 26.8 Å². The Labute approximate surface area is 163 Å². The number of pyridine rings is 1. The second-order valence-corrected chi connectivity index (χ2v) is 7.16. The summed E-state index contributed by atoms with van der Waals surface area (Å²) in [7, 11) is 3.66. The number of imidazole rings is 1. The van der Waals surface area contributed by atoms with Crippen LogP contribution in [0.25, 0.3) is 22.1 Å². The van der Waals surface area contributed by atoms with Crippen LogP contribution in [0.5, 0.6) is 0 Å². The van der Waals surface area contributed by atoms with Gasteiger partial charge in [0.25, 0.3) is 5.91 Å². The molecule has 1 amide bonds. The molecule has 0 fully saturated rings. The Bertz CT molecular complexity index is 1010. The molecule has 9 nitrogen and oxygen atoms in total. The maximum atomic E-state index is 13.3. The van der Waals surface area contributed by atoms with Crippen LogP contribution in [0.1, 0.15) is 31.3 Å². The zero-order valence-corrected chi connectivity index (χ0v) is 17.0. The molecule has 1 atom stereocenters. The number of carbonyl (C=O) groups excluding carboxylic acids is 1. The van der Waals surface area contributed by atoms with Crippen LogP contribution in [-0.2, 0) is 13.6 Å². The van der Waals surface area contributed by atoms with Gasteiger partial charge in [-0.2, -0.15) is 0 Å². The summed E-state index contributed by atoms with van der Waals surface area (Å²) in [5.41, 5.74) is 2.57. The molecule has 3 aromatic rings. The molecular weight excluding hydrogens is 360 g/mol. The SMILES string of the molecule is CCN(C(=O)c1cc2c3c(ncn3C)c(NC)nc2n1C[C@H](O)CO)C(C)C. The zero-order valence-electron chi connectivity index (χ0n) is 17.0. The second kappa shape index (κ2) is 7.76. The van der Waals surface area contributed by atoms with Crippen LogP contribution in [-0.4, -0.2) is 72.5 Å². The number of nitrogens with one attached hydrogen (secondary N) is 1. The van der Waals surface area contributed by atoms with Crippen LogP contribution in [0.2, 0.25) is 0 Å². The number of carbonyl (C=O) groups is 1. The van der Waals surface area contributed by atoms with Crippen molar-refractivity contribution in [3.05, 3.63) is 18.1 Å². The molecule has 0 spiro atoms. The molecule has 0 aliphatic carbocycles. The number of aliphatic hydroxyl groups is 2. The van der Waals surface area contributed by atoms with Gasteiger partial charge in [0.2, 0.25) is 0 Å². The van der Waals surface area contributed by atoms with Crippen molar-refractivity contribution in [3.8, 4) is 0 Å². The van der Waals surface area contributed by atoms with Crippen LogP contribution in [0.3, 0.4) is 0 Å². The minimum atomic E-state index is -1.00. The summed E-state index contributed by atoms with van der Waals surface area (Å²) in [6.45, 7) is 6.10. The molecule has 3 rings (SSSR count). The van der Waals surface area contributed by atoms with Gasteiger partial charge >= 0.3 is 0 Å². The van der Waals surface area contributed by atoms with Crippen LogP contribution < -0.4 is 5.32 Å². The van der Waals surface area contributed by atoms with E-state index in [0.29, 0.717) is 29.2 Å². The van der Waals surface area contributed by atoms with E-state index >= 15 is 0 Å². The van der Waals surface area contributed by atoms with E-state index in [1.807, 2.05) is 38.5 Å². The first-order valence-electron chi connectivity index (χ1n) is 9.45. The molecule has 3 aromatic heterocycles. The lowest BCUT2D eigenvalue weighted by atomic mass is 10.2. The summed E-state index contributed by atoms with van der Waals surface area (Å²) < 4.78 is 3.58. The van der Waals surface area contributed by atoms with Crippen molar-refractivity contribution in [1.29, 1.82) is 0 Å². The lowest BCUT2D eigenvalue weighted by molar-refractivity contribution is 0.0676. The van der Waals surface area contributed by atoms with Crippen LogP contribution in [0, 0.1) is 0 Å². The summed E-state index contributed by atoms with van der Waals surface area (Å²) in [5, 5.41) is 23.3. The van der Waals surface area contributed by atoms with Gasteiger partial charge in [0.15, 0.2) is 5.82 Å². The Morgan fingerprint density at radius 3 is 2.68 bits per heavy atom. The summed E-state index contributed by atoms with van der Waals surface area (Å²) in [5.74, 6) is 0.457. The van der Waals surface area contributed by atoms with E-state index in [1.165, 1.54) is 0 Å². The zero-order chi connectivity index (χ0) is 20.6. The highest BCUT2D eigenvalue weighted by Gasteiger charge is 2.26. The Morgan fingerprint density at radius 2 is 2.11 bits per heavy atom. The number of amides is 1. The standard InChI is InChI=1S/C19H28N6O3/c1-6-24(11(2)3)19(28)14-7-13-16-15(21-10-23(16)5)17(20-4)22-18(13)25(14)8-12(27)9-26/h7,10-12,26-27H,6,8-9H2,1-5H3,(H,20,22)/t12-/m0/s1. The fourth-order valence-corrected chi connectivity index (χ4v) is 3.61. The summed E-state index contributed by atoms with van der Waals surface area (Å²) in [6, 6.07) is 1.84. The molecule has 0 bridgehead atoms. The Kier molecular flexibility index (Phi) is 5.57. The number of aromatic nitrogens is 4. The normalized spacial score (nSPS) is 12.9. The van der Waals surface area contributed by atoms with E-state index in [4.69, 9.17) is 0 Å². The number of hydrogen-bond acceptors (Lipinski definition) is 6. The minimum Gasteiger partial charge on any atom is -0.394 e. The molecule has 0 aliphatic rings. The van der Waals surface area contributed by atoms with E-state index in [9.17, 15) is 15.0 Å². The van der Waals surface area contributed by atoms with E-state index in [2.05, 4.69) is 15.3 Å². The minimum absolute atomic E-state index is 0.0317. The highest BCUT2D eigenvalue weighted by atomic mass is 16.3. The van der Waals surface area contributed by atoms with Gasteiger partial charge in [-0.1, -0.05) is 0 Å². The predicted octanol–water partition coefficient (Wildman–Crippen LogP) is 1.19. The first kappa shape index (κ1) is 20.1. The highest BCUT2D eigenvalue weighted by Crippen LogP contribution is 2.31. The van der Waals surface area contributed by atoms with Crippen molar-refractivity contribution >= 4 is 33.8 Å². The van der Waals surface area contributed by atoms with Gasteiger partial charge in [-0.15, -0.1) is 0 Å². The molecule has 0 radical (unpaired) electrons. The summed E-state index contributed by atoms with van der Waals surface area (Å²) in [4.78, 5) is 24.1. The smallest absolute Gasteiger partial charge is 0.270 e. The van der Waals surface area contributed by atoms with Crippen molar-refractivity contribution in [2.24, 2.45) is 7.05 Å². The fraction of sp³-hybridized carbons (Fsp3) is 0.526. The summed E-state index contributed by atoms with van der Waals surface area (Å²) >= 11 is 0. The molecule has 152 valence electrons. The van der Waals surface area contributed by atoms with Crippen LogP contribution in [0.15, 0.2) is 12.4 Å². The van der Waals surface area contributed by atoms with E-state index in [0.717, 1.165) is 10.9 Å². The quantitative estimate of drug-likeness (QED) is 0.561. The van der Waals surface area contributed by atoms with Crippen molar-refractivity contribution < 1.29 is 15.0 Å². The monoisotopic (exact) mass is 388 g/mol. The van der Waals surface area contributed by atoms with Gasteiger partial charge in [-0.25, -0.2) is 9.97 Å². The van der Waals surface area contributed by atoms with Crippen molar-refractivity contribution in [2.75, 3.05) is 25.5 Å². The van der Waals surface area contributed by atoms with Crippen molar-refractivity contribution in [3.63, 3.8) is 0 Å². The molecular formula is C19H28N6O3. The molecule has 9 heteroatoms. The highest BCUT2D eigenvalue weighted by molar-refractivity contribution is 6.09. The maximum Gasteiger partial charge on any atom is 0.270 e. The molecule has 3 heterocycles. The average molecular weight is 388 g/mol. The van der Waals surface area contributed by atoms with Gasteiger partial charge in [0, 0.05) is 32.1 Å². The predicted molar refractivity (Wildman–Crippen MR) is 108 cm³/mol. The number of anilines is 1. The van der Waals surface area contributed by atoms with Gasteiger partial charge in [0.1, 0.15) is 16.9 Å². The Hall–Kier alpha value is -2.65. The largest absolute Gasteiger partial charge is 0.394 e. The van der Waals surface area contributed by atoms with Crippen LogP contribution in [0.4, 0.5) is 5.82 Å². The fourth-order valence-electron chi connectivity index (χ4n) is 3.61. The number of nitrogens with zero attached hydrogens (tertiary/aromatic N) is 5. The molecule has 3 N–H and O–H groups in total. The Morgan fingerprint density at radius 1 is 1.39 bits per heavy atom. The Balaban J connectivity index is 2.33. The topological polar surface area (TPSA) is 108 Å². The van der Waals surface area contributed by atoms with Gasteiger partial charge < -0.3 is 29.6 Å². The number of fused-ring (bicyclic) bond motifs is 3. The lowest BCUT2D eigenvalue weighted by Gasteiger charge is -2.26. The molecule has 0 unspecified atom stereocenters. The number of aryl methyl sites for hydroxylation is 1. The molecule has 28 heavy (non-hydrogen) atoms. The first-order chi connectivity index (χ1) is 13.3. The van der Waals surface area contributed by atoms with Crippen molar-refractivity contribution in [1.82, 2.24) is 24.0 Å². The van der Waals surface area contributed by atoms with E-state index in [-0.39, 0.29) is 18.5 Å². The molecule has 0 aliphatic heterocycles. The number of hydrogen-bond donors (Lipinski definition) is 3. The second-order valence-electron chi connectivity index (χ2n) is 7.16. The first-order valence-corrected chi connectivity index (χ1v) is 9.45. The molecule has 0 aromatic carbocycles. The van der Waals surface area contributed by atoms with E-state index in [1.54, 1.807) is 22.8 Å². The number of rotatable bonds is 7. The third-order valence-corrected chi connectivity index (χ3v) is 4.99. The third-order valence-electron chi connectivity index (χ3n) is 4.99. The maximum absolute atomic E-state index is 13.3. The lowest BCUT2D eigenvalue weighted by Crippen LogP contribution is -2.38. The average Bonchev–Trinajstić information content (AvgIpc) is 3.22. The third kappa shape index (κ3) is 3.20. The van der Waals surface area contributed by atoms with Gasteiger partial charge in [0.05, 0.1) is 31.1 Å². The summed E-state index contributed by atoms with van der Waals surface area (Å²) in [6.07, 6.45) is 0.707. The van der Waals surface area contributed by atoms with Gasteiger partial charge in [-0.3, -0.25) is 4.79 Å². The van der Waals surface area contributed by atoms with Crippen molar-refractivity contribution in [2.45, 2.75) is 39.5 Å².